The first kappa shape index (κ1) is 13.7. The number of pyridine rings is 1. The zero-order valence-electron chi connectivity index (χ0n) is 11.7. The molecule has 1 saturated heterocycles. The molecule has 0 bridgehead atoms. The van der Waals surface area contributed by atoms with E-state index in [1.54, 1.807) is 18.7 Å². The minimum atomic E-state index is -0.271. The summed E-state index contributed by atoms with van der Waals surface area (Å²) in [5, 5.41) is 4.31. The fourth-order valence-corrected chi connectivity index (χ4v) is 2.78. The van der Waals surface area contributed by atoms with Crippen LogP contribution in [0.1, 0.15) is 24.6 Å². The number of likely N-dealkylation sites (tertiary alicyclic amines) is 1. The Morgan fingerprint density at radius 2 is 2.19 bits per heavy atom. The molecular formula is C14H18N6O. The van der Waals surface area contributed by atoms with E-state index in [0.717, 1.165) is 37.4 Å². The third-order valence-electron chi connectivity index (χ3n) is 3.80. The van der Waals surface area contributed by atoms with E-state index in [1.165, 1.54) is 0 Å². The molecule has 0 radical (unpaired) electrons. The van der Waals surface area contributed by atoms with Crippen LogP contribution >= 0.6 is 0 Å². The average molecular weight is 286 g/mol. The molecule has 2 aromatic heterocycles. The smallest absolute Gasteiger partial charge is 0.231 e. The van der Waals surface area contributed by atoms with Gasteiger partial charge in [0.2, 0.25) is 5.91 Å². The van der Waals surface area contributed by atoms with E-state index >= 15 is 0 Å². The van der Waals surface area contributed by atoms with Crippen molar-refractivity contribution in [3.05, 3.63) is 36.7 Å². The van der Waals surface area contributed by atoms with E-state index in [1.807, 2.05) is 16.8 Å². The van der Waals surface area contributed by atoms with Crippen LogP contribution in [0.4, 0.5) is 0 Å². The van der Waals surface area contributed by atoms with Crippen molar-refractivity contribution in [3.63, 3.8) is 0 Å². The van der Waals surface area contributed by atoms with Crippen LogP contribution in [0.3, 0.4) is 0 Å². The summed E-state index contributed by atoms with van der Waals surface area (Å²) in [7, 11) is 0. The molecule has 2 aromatic rings. The summed E-state index contributed by atoms with van der Waals surface area (Å²) in [6.07, 6.45) is 7.00. The molecule has 1 amide bonds. The lowest BCUT2D eigenvalue weighted by atomic mass is 9.96. The second-order valence-corrected chi connectivity index (χ2v) is 5.26. The van der Waals surface area contributed by atoms with Crippen molar-refractivity contribution >= 4 is 5.91 Å². The normalized spacial score (nSPS) is 17.0. The topological polar surface area (TPSA) is 89.9 Å². The predicted octanol–water partition coefficient (Wildman–Crippen LogP) is 0.327. The standard InChI is InChI=1S/C14H18N6O/c15-13(21)9-19-6-3-11(4-7-19)14-17-10-18-20(14)12-2-1-5-16-8-12/h1-2,5,8,10-11H,3-4,6-7,9H2,(H2,15,21). The SMILES string of the molecule is NC(=O)CN1CCC(c2ncnn2-c2cccnc2)CC1. The molecule has 0 aromatic carbocycles. The number of hydrogen-bond acceptors (Lipinski definition) is 5. The summed E-state index contributed by atoms with van der Waals surface area (Å²) >= 11 is 0. The first-order chi connectivity index (χ1) is 10.2. The molecule has 0 atom stereocenters. The maximum atomic E-state index is 11.0. The zero-order chi connectivity index (χ0) is 14.7. The highest BCUT2D eigenvalue weighted by molar-refractivity contribution is 5.75. The van der Waals surface area contributed by atoms with Gasteiger partial charge in [0, 0.05) is 12.1 Å². The van der Waals surface area contributed by atoms with Crippen LogP contribution in [0.25, 0.3) is 5.69 Å². The van der Waals surface area contributed by atoms with Gasteiger partial charge in [-0.15, -0.1) is 0 Å². The molecule has 7 nitrogen and oxygen atoms in total. The number of primary amides is 1. The van der Waals surface area contributed by atoms with Gasteiger partial charge in [-0.2, -0.15) is 5.10 Å². The van der Waals surface area contributed by atoms with Crippen molar-refractivity contribution in [3.8, 4) is 5.69 Å². The molecular weight excluding hydrogens is 268 g/mol. The Morgan fingerprint density at radius 3 is 2.86 bits per heavy atom. The number of aromatic nitrogens is 4. The Hall–Kier alpha value is -2.28. The number of carbonyl (C=O) groups is 1. The van der Waals surface area contributed by atoms with Gasteiger partial charge in [0.15, 0.2) is 0 Å². The van der Waals surface area contributed by atoms with Crippen LogP contribution in [0.15, 0.2) is 30.9 Å². The lowest BCUT2D eigenvalue weighted by Gasteiger charge is -2.30. The van der Waals surface area contributed by atoms with Gasteiger partial charge >= 0.3 is 0 Å². The summed E-state index contributed by atoms with van der Waals surface area (Å²) in [6, 6.07) is 3.85. The van der Waals surface area contributed by atoms with Crippen LogP contribution in [0.5, 0.6) is 0 Å². The number of carbonyl (C=O) groups excluding carboxylic acids is 1. The Kier molecular flexibility index (Phi) is 3.92. The van der Waals surface area contributed by atoms with Crippen LogP contribution in [-0.2, 0) is 4.79 Å². The third kappa shape index (κ3) is 3.08. The lowest BCUT2D eigenvalue weighted by molar-refractivity contribution is -0.119. The Bertz CT molecular complexity index is 603. The molecule has 2 N–H and O–H groups in total. The Morgan fingerprint density at radius 1 is 1.38 bits per heavy atom. The number of amides is 1. The predicted molar refractivity (Wildman–Crippen MR) is 76.8 cm³/mol. The van der Waals surface area contributed by atoms with Crippen molar-refractivity contribution in [1.29, 1.82) is 0 Å². The summed E-state index contributed by atoms with van der Waals surface area (Å²) in [5.41, 5.74) is 6.16. The molecule has 1 aliphatic heterocycles. The number of hydrogen-bond donors (Lipinski definition) is 1. The molecule has 0 aliphatic carbocycles. The summed E-state index contributed by atoms with van der Waals surface area (Å²) in [5.74, 6) is 1.03. The van der Waals surface area contributed by atoms with E-state index in [0.29, 0.717) is 12.5 Å². The number of nitrogens with two attached hydrogens (primary N) is 1. The third-order valence-corrected chi connectivity index (χ3v) is 3.80. The van der Waals surface area contributed by atoms with Gasteiger partial charge in [-0.25, -0.2) is 9.67 Å². The second kappa shape index (κ2) is 6.01. The van der Waals surface area contributed by atoms with E-state index in [4.69, 9.17) is 5.73 Å². The van der Waals surface area contributed by atoms with Crippen LogP contribution in [0, 0.1) is 0 Å². The van der Waals surface area contributed by atoms with Crippen LogP contribution in [-0.4, -0.2) is 50.2 Å². The molecule has 0 unspecified atom stereocenters. The monoisotopic (exact) mass is 286 g/mol. The molecule has 110 valence electrons. The van der Waals surface area contributed by atoms with E-state index in [-0.39, 0.29) is 5.91 Å². The van der Waals surface area contributed by atoms with Gasteiger partial charge in [-0.3, -0.25) is 14.7 Å². The van der Waals surface area contributed by atoms with E-state index in [9.17, 15) is 4.79 Å². The van der Waals surface area contributed by atoms with Crippen LogP contribution in [0.2, 0.25) is 0 Å². The number of rotatable bonds is 4. The van der Waals surface area contributed by atoms with Gasteiger partial charge in [-0.05, 0) is 38.1 Å². The molecule has 21 heavy (non-hydrogen) atoms. The first-order valence-electron chi connectivity index (χ1n) is 7.05. The van der Waals surface area contributed by atoms with Crippen molar-refractivity contribution in [2.24, 2.45) is 5.73 Å². The largest absolute Gasteiger partial charge is 0.369 e. The summed E-state index contributed by atoms with van der Waals surface area (Å²) in [6.45, 7) is 2.04. The van der Waals surface area contributed by atoms with Gasteiger partial charge in [0.1, 0.15) is 12.2 Å². The second-order valence-electron chi connectivity index (χ2n) is 5.26. The highest BCUT2D eigenvalue weighted by Gasteiger charge is 2.25. The molecule has 0 spiro atoms. The zero-order valence-corrected chi connectivity index (χ0v) is 11.7. The van der Waals surface area contributed by atoms with Crippen molar-refractivity contribution in [1.82, 2.24) is 24.6 Å². The first-order valence-corrected chi connectivity index (χ1v) is 7.05. The fourth-order valence-electron chi connectivity index (χ4n) is 2.78. The average Bonchev–Trinajstić information content (AvgIpc) is 2.98. The maximum absolute atomic E-state index is 11.0. The summed E-state index contributed by atoms with van der Waals surface area (Å²) in [4.78, 5) is 21.6. The van der Waals surface area contributed by atoms with Gasteiger partial charge in [-0.1, -0.05) is 0 Å². The molecule has 7 heteroatoms. The van der Waals surface area contributed by atoms with Crippen molar-refractivity contribution < 1.29 is 4.79 Å². The molecule has 1 fully saturated rings. The molecule has 3 rings (SSSR count). The highest BCUT2D eigenvalue weighted by atomic mass is 16.1. The highest BCUT2D eigenvalue weighted by Crippen LogP contribution is 2.27. The number of piperidine rings is 1. The summed E-state index contributed by atoms with van der Waals surface area (Å²) < 4.78 is 1.85. The molecule has 3 heterocycles. The van der Waals surface area contributed by atoms with E-state index < -0.39 is 0 Å². The fraction of sp³-hybridized carbons (Fsp3) is 0.429. The minimum absolute atomic E-state index is 0.271. The van der Waals surface area contributed by atoms with Crippen LogP contribution < -0.4 is 5.73 Å². The number of nitrogens with zero attached hydrogens (tertiary/aromatic N) is 5. The van der Waals surface area contributed by atoms with Gasteiger partial charge in [0.05, 0.1) is 18.4 Å². The lowest BCUT2D eigenvalue weighted by Crippen LogP contribution is -2.39. The molecule has 1 aliphatic rings. The quantitative estimate of drug-likeness (QED) is 0.874. The van der Waals surface area contributed by atoms with Gasteiger partial charge in [0.25, 0.3) is 0 Å². The van der Waals surface area contributed by atoms with E-state index in [2.05, 4.69) is 20.0 Å². The molecule has 0 saturated carbocycles. The Labute approximate surface area is 122 Å². The van der Waals surface area contributed by atoms with Crippen molar-refractivity contribution in [2.75, 3.05) is 19.6 Å². The Balaban J connectivity index is 1.72. The maximum Gasteiger partial charge on any atom is 0.231 e. The van der Waals surface area contributed by atoms with Crippen molar-refractivity contribution in [2.45, 2.75) is 18.8 Å². The van der Waals surface area contributed by atoms with Gasteiger partial charge < -0.3 is 5.73 Å². The minimum Gasteiger partial charge on any atom is -0.369 e.